The van der Waals surface area contributed by atoms with E-state index in [2.05, 4.69) is 19.2 Å². The van der Waals surface area contributed by atoms with Crippen LogP contribution in [0.3, 0.4) is 0 Å². The number of fused-ring (bicyclic) bond motifs is 6. The van der Waals surface area contributed by atoms with E-state index < -0.39 is 23.0 Å². The highest BCUT2D eigenvalue weighted by molar-refractivity contribution is 6.16. The Hall–Kier alpha value is -3.90. The Labute approximate surface area is 216 Å². The van der Waals surface area contributed by atoms with Gasteiger partial charge in [0.25, 0.3) is 11.7 Å². The summed E-state index contributed by atoms with van der Waals surface area (Å²) in [5.74, 6) is -2.42. The van der Waals surface area contributed by atoms with Crippen LogP contribution in [-0.4, -0.2) is 22.6 Å². The molecule has 3 aliphatic rings. The van der Waals surface area contributed by atoms with Crippen LogP contribution < -0.4 is 15.8 Å². The van der Waals surface area contributed by atoms with E-state index in [9.17, 15) is 14.7 Å². The number of rotatable bonds is 3. The first kappa shape index (κ1) is 24.8. The van der Waals surface area contributed by atoms with Crippen molar-refractivity contribution < 1.29 is 19.4 Å². The molecule has 190 valence electrons. The highest BCUT2D eigenvalue weighted by Crippen LogP contribution is 2.59. The maximum Gasteiger partial charge on any atom is 0.270 e. The number of ketones is 1. The van der Waals surface area contributed by atoms with E-state index in [0.29, 0.717) is 41.0 Å². The number of amides is 1. The molecular formula is C31H32N2O4. The Balaban J connectivity index is 0.00000137. The minimum atomic E-state index is -2.09. The quantitative estimate of drug-likeness (QED) is 0.462. The van der Waals surface area contributed by atoms with Gasteiger partial charge in [0.2, 0.25) is 11.3 Å². The van der Waals surface area contributed by atoms with Gasteiger partial charge in [-0.3, -0.25) is 9.59 Å². The molecule has 6 nitrogen and oxygen atoms in total. The Kier molecular flexibility index (Phi) is 5.95. The molecule has 3 aromatic carbocycles. The summed E-state index contributed by atoms with van der Waals surface area (Å²) in [6.45, 7) is 8.11. The predicted molar refractivity (Wildman–Crippen MR) is 144 cm³/mol. The predicted octanol–water partition coefficient (Wildman–Crippen LogP) is 5.21. The smallest absolute Gasteiger partial charge is 0.270 e. The van der Waals surface area contributed by atoms with Crippen LogP contribution in [0.1, 0.15) is 67.9 Å². The highest BCUT2D eigenvalue weighted by Gasteiger charge is 2.74. The number of Topliss-reactive ketones (excluding diaryl/α,β-unsaturated/α-hetero) is 1. The lowest BCUT2D eigenvalue weighted by Crippen LogP contribution is -2.62. The van der Waals surface area contributed by atoms with Crippen molar-refractivity contribution in [2.45, 2.75) is 57.8 Å². The molecule has 0 aromatic heterocycles. The SMILES string of the molecule is CC.CC(C)c1ccc2c(c1)OC1(O)C3=CCCC(N)=C3C(=O)C21NC(=O)c1ccc2ccccc2c1. The largest absolute Gasteiger partial charge is 0.454 e. The maximum atomic E-state index is 14.1. The second-order valence-electron chi connectivity index (χ2n) is 9.81. The summed E-state index contributed by atoms with van der Waals surface area (Å²) in [7, 11) is 0. The zero-order valence-corrected chi connectivity index (χ0v) is 21.6. The van der Waals surface area contributed by atoms with E-state index in [1.54, 1.807) is 24.3 Å². The van der Waals surface area contributed by atoms with E-state index in [-0.39, 0.29) is 11.5 Å². The number of nitrogens with one attached hydrogen (secondary N) is 1. The fourth-order valence-electron chi connectivity index (χ4n) is 5.56. The fourth-order valence-corrected chi connectivity index (χ4v) is 5.56. The fraction of sp³-hybridized carbons (Fsp3) is 0.290. The van der Waals surface area contributed by atoms with Crippen LogP contribution in [-0.2, 0) is 10.3 Å². The summed E-state index contributed by atoms with van der Waals surface area (Å²) < 4.78 is 6.17. The summed E-state index contributed by atoms with van der Waals surface area (Å²) in [6, 6.07) is 18.6. The van der Waals surface area contributed by atoms with Gasteiger partial charge in [0.05, 0.1) is 0 Å². The molecule has 37 heavy (non-hydrogen) atoms. The molecule has 1 heterocycles. The molecular weight excluding hydrogens is 464 g/mol. The zero-order valence-electron chi connectivity index (χ0n) is 21.6. The Morgan fingerprint density at radius 3 is 2.51 bits per heavy atom. The zero-order chi connectivity index (χ0) is 26.5. The lowest BCUT2D eigenvalue weighted by Gasteiger charge is -2.34. The number of hydrogen-bond acceptors (Lipinski definition) is 5. The second kappa shape index (κ2) is 8.89. The lowest BCUT2D eigenvalue weighted by atomic mass is 9.82. The van der Waals surface area contributed by atoms with Crippen molar-refractivity contribution in [2.24, 2.45) is 5.73 Å². The summed E-state index contributed by atoms with van der Waals surface area (Å²) >= 11 is 0. The van der Waals surface area contributed by atoms with Crippen molar-refractivity contribution in [1.82, 2.24) is 5.32 Å². The minimum Gasteiger partial charge on any atom is -0.454 e. The molecule has 2 atom stereocenters. The summed E-state index contributed by atoms with van der Waals surface area (Å²) in [5, 5.41) is 16.9. The van der Waals surface area contributed by atoms with E-state index in [1.807, 2.05) is 56.3 Å². The van der Waals surface area contributed by atoms with E-state index in [1.165, 1.54) is 0 Å². The molecule has 0 bridgehead atoms. The number of allylic oxidation sites excluding steroid dienone is 2. The van der Waals surface area contributed by atoms with Gasteiger partial charge in [-0.25, -0.2) is 0 Å². The Morgan fingerprint density at radius 1 is 1.05 bits per heavy atom. The van der Waals surface area contributed by atoms with Crippen LogP contribution >= 0.6 is 0 Å². The van der Waals surface area contributed by atoms with Crippen molar-refractivity contribution in [3.05, 3.63) is 100 Å². The van der Waals surface area contributed by atoms with Gasteiger partial charge in [-0.1, -0.05) is 76.2 Å². The summed E-state index contributed by atoms with van der Waals surface area (Å²) in [6.07, 6.45) is 2.88. The van der Waals surface area contributed by atoms with Crippen molar-refractivity contribution in [1.29, 1.82) is 0 Å². The van der Waals surface area contributed by atoms with Crippen LogP contribution in [0, 0.1) is 0 Å². The molecule has 1 amide bonds. The second-order valence-corrected chi connectivity index (χ2v) is 9.81. The minimum absolute atomic E-state index is 0.220. The molecule has 2 aliphatic carbocycles. The van der Waals surface area contributed by atoms with E-state index in [4.69, 9.17) is 10.5 Å². The molecule has 6 rings (SSSR count). The Morgan fingerprint density at radius 2 is 1.78 bits per heavy atom. The van der Waals surface area contributed by atoms with Gasteiger partial charge in [-0.15, -0.1) is 0 Å². The molecule has 1 fully saturated rings. The van der Waals surface area contributed by atoms with Crippen molar-refractivity contribution in [3.8, 4) is 5.75 Å². The molecule has 3 aromatic rings. The molecule has 1 aliphatic heterocycles. The molecule has 0 radical (unpaired) electrons. The monoisotopic (exact) mass is 496 g/mol. The molecule has 0 spiro atoms. The standard InChI is InChI=1S/C29H26N2O4.C2H6/c1-16(2)18-12-13-21-24(15-18)35-29(34)22-8-5-9-23(30)25(22)26(32)28(21,29)31-27(33)20-11-10-17-6-3-4-7-19(17)14-20;1-2/h3-4,6-8,10-16,34H,5,9,30H2,1-2H3,(H,31,33);1-2H3. The van der Waals surface area contributed by atoms with Gasteiger partial charge < -0.3 is 20.9 Å². The number of carbonyl (C=O) groups excluding carboxylic acids is 2. The van der Waals surface area contributed by atoms with Crippen LogP contribution in [0.15, 0.2) is 83.6 Å². The number of aliphatic hydroxyl groups is 1. The third kappa shape index (κ3) is 3.43. The number of benzene rings is 3. The molecule has 0 saturated heterocycles. The Bertz CT molecular complexity index is 1500. The topological polar surface area (TPSA) is 102 Å². The number of hydrogen-bond donors (Lipinski definition) is 3. The highest BCUT2D eigenvalue weighted by atomic mass is 16.6. The van der Waals surface area contributed by atoms with Gasteiger partial charge in [0.1, 0.15) is 5.75 Å². The number of nitrogens with two attached hydrogens (primary N) is 1. The third-order valence-electron chi connectivity index (χ3n) is 7.44. The summed E-state index contributed by atoms with van der Waals surface area (Å²) in [5.41, 5.74) is 7.21. The molecule has 6 heteroatoms. The first-order valence-corrected chi connectivity index (χ1v) is 12.9. The lowest BCUT2D eigenvalue weighted by molar-refractivity contribution is -0.152. The summed E-state index contributed by atoms with van der Waals surface area (Å²) in [4.78, 5) is 27.7. The number of ether oxygens (including phenoxy) is 1. The van der Waals surface area contributed by atoms with Gasteiger partial charge in [0.15, 0.2) is 0 Å². The molecule has 4 N–H and O–H groups in total. The first-order valence-electron chi connectivity index (χ1n) is 12.9. The van der Waals surface area contributed by atoms with Gasteiger partial charge in [-0.2, -0.15) is 0 Å². The van der Waals surface area contributed by atoms with Gasteiger partial charge in [0, 0.05) is 28.0 Å². The molecule has 1 saturated carbocycles. The van der Waals surface area contributed by atoms with Gasteiger partial charge in [-0.05, 0) is 53.3 Å². The molecule has 2 unspecified atom stereocenters. The van der Waals surface area contributed by atoms with Crippen molar-refractivity contribution in [2.75, 3.05) is 0 Å². The van der Waals surface area contributed by atoms with E-state index >= 15 is 0 Å². The van der Waals surface area contributed by atoms with Gasteiger partial charge >= 0.3 is 0 Å². The van der Waals surface area contributed by atoms with Crippen LogP contribution in [0.25, 0.3) is 10.8 Å². The maximum absolute atomic E-state index is 14.1. The van der Waals surface area contributed by atoms with Crippen molar-refractivity contribution in [3.63, 3.8) is 0 Å². The van der Waals surface area contributed by atoms with Crippen LogP contribution in [0.5, 0.6) is 5.75 Å². The third-order valence-corrected chi connectivity index (χ3v) is 7.44. The number of carbonyl (C=O) groups is 2. The first-order chi connectivity index (χ1) is 17.8. The average Bonchev–Trinajstić information content (AvgIpc) is 3.27. The van der Waals surface area contributed by atoms with Crippen LogP contribution in [0.4, 0.5) is 0 Å². The van der Waals surface area contributed by atoms with E-state index in [0.717, 1.165) is 16.3 Å². The average molecular weight is 497 g/mol. The van der Waals surface area contributed by atoms with Crippen LogP contribution in [0.2, 0.25) is 0 Å². The van der Waals surface area contributed by atoms with Crippen molar-refractivity contribution >= 4 is 22.5 Å². The normalized spacial score (nSPS) is 23.5.